The van der Waals surface area contributed by atoms with Crippen molar-refractivity contribution in [3.05, 3.63) is 47.5 Å². The summed E-state index contributed by atoms with van der Waals surface area (Å²) in [6, 6.07) is 12.9. The lowest BCUT2D eigenvalue weighted by atomic mass is 9.85. The Balaban J connectivity index is 2.07. The Labute approximate surface area is 107 Å². The van der Waals surface area contributed by atoms with Crippen molar-refractivity contribution in [1.29, 1.82) is 0 Å². The highest BCUT2D eigenvalue weighted by Gasteiger charge is 2.50. The van der Waals surface area contributed by atoms with E-state index in [2.05, 4.69) is 50.2 Å². The molecule has 0 bridgehead atoms. The molecule has 92 valence electrons. The fraction of sp³-hybridized carbons (Fsp3) is 0.375. The topological polar surface area (TPSA) is 25.1 Å². The maximum atomic E-state index is 5.70. The van der Waals surface area contributed by atoms with Gasteiger partial charge in [-0.3, -0.25) is 0 Å². The molecule has 2 aromatic carbocycles. The molecule has 2 unspecified atom stereocenters. The first kappa shape index (κ1) is 10.5. The third-order valence-corrected chi connectivity index (χ3v) is 4.18. The molecule has 2 aliphatic heterocycles. The molecule has 0 aromatic heterocycles. The molecule has 0 N–H and O–H groups in total. The van der Waals surface area contributed by atoms with Crippen molar-refractivity contribution in [2.75, 3.05) is 13.2 Å². The molecule has 0 spiro atoms. The summed E-state index contributed by atoms with van der Waals surface area (Å²) < 4.78 is 11.3. The van der Waals surface area contributed by atoms with Gasteiger partial charge in [-0.2, -0.15) is 0 Å². The highest BCUT2D eigenvalue weighted by molar-refractivity contribution is 5.88. The van der Waals surface area contributed by atoms with Gasteiger partial charge in [0.1, 0.15) is 11.2 Å². The second kappa shape index (κ2) is 3.14. The monoisotopic (exact) mass is 240 g/mol. The van der Waals surface area contributed by atoms with Crippen molar-refractivity contribution in [2.24, 2.45) is 0 Å². The van der Waals surface area contributed by atoms with Crippen LogP contribution in [0.4, 0.5) is 0 Å². The zero-order valence-electron chi connectivity index (χ0n) is 10.7. The molecule has 0 saturated carbocycles. The minimum absolute atomic E-state index is 0.103. The predicted molar refractivity (Wildman–Crippen MR) is 70.6 cm³/mol. The number of hydrogen-bond donors (Lipinski definition) is 0. The average molecular weight is 240 g/mol. The lowest BCUT2D eigenvalue weighted by Gasteiger charge is -2.18. The smallest absolute Gasteiger partial charge is 0.115 e. The van der Waals surface area contributed by atoms with Crippen molar-refractivity contribution in [3.8, 4) is 0 Å². The van der Waals surface area contributed by atoms with Gasteiger partial charge in [0.2, 0.25) is 0 Å². The SMILES string of the molecule is CC1(c2ccc3ccccc3c2C2(C)CO2)CO1. The first-order valence-corrected chi connectivity index (χ1v) is 6.43. The molecule has 2 heterocycles. The minimum atomic E-state index is -0.120. The standard InChI is InChI=1S/C16H16O2/c1-15(9-17-15)13-8-7-11-5-3-4-6-12(11)14(13)16(2)10-18-16/h3-8H,9-10H2,1-2H3. The Morgan fingerprint density at radius 1 is 0.889 bits per heavy atom. The molecule has 2 fully saturated rings. The van der Waals surface area contributed by atoms with E-state index in [4.69, 9.17) is 9.47 Å². The van der Waals surface area contributed by atoms with Crippen LogP contribution in [0.2, 0.25) is 0 Å². The average Bonchev–Trinajstić information content (AvgIpc) is 3.29. The molecule has 2 saturated heterocycles. The van der Waals surface area contributed by atoms with Crippen LogP contribution >= 0.6 is 0 Å². The molecule has 4 rings (SSSR count). The highest BCUT2D eigenvalue weighted by Crippen LogP contribution is 2.50. The van der Waals surface area contributed by atoms with Gasteiger partial charge in [0.15, 0.2) is 0 Å². The third kappa shape index (κ3) is 1.36. The summed E-state index contributed by atoms with van der Waals surface area (Å²) in [7, 11) is 0. The van der Waals surface area contributed by atoms with E-state index < -0.39 is 0 Å². The minimum Gasteiger partial charge on any atom is -0.365 e. The van der Waals surface area contributed by atoms with E-state index >= 15 is 0 Å². The van der Waals surface area contributed by atoms with Gasteiger partial charge in [0, 0.05) is 0 Å². The van der Waals surface area contributed by atoms with Crippen LogP contribution in [0, 0.1) is 0 Å². The molecule has 2 nitrogen and oxygen atoms in total. The van der Waals surface area contributed by atoms with E-state index in [1.54, 1.807) is 0 Å². The summed E-state index contributed by atoms with van der Waals surface area (Å²) in [5, 5.41) is 2.57. The van der Waals surface area contributed by atoms with Crippen LogP contribution in [0.25, 0.3) is 10.8 Å². The fourth-order valence-corrected chi connectivity index (χ4v) is 2.80. The Bertz CT molecular complexity index is 637. The van der Waals surface area contributed by atoms with Gasteiger partial charge in [-0.1, -0.05) is 36.4 Å². The van der Waals surface area contributed by atoms with Gasteiger partial charge in [-0.15, -0.1) is 0 Å². The zero-order valence-corrected chi connectivity index (χ0v) is 10.7. The maximum Gasteiger partial charge on any atom is 0.115 e. The van der Waals surface area contributed by atoms with Gasteiger partial charge in [-0.25, -0.2) is 0 Å². The molecule has 2 heteroatoms. The number of epoxide rings is 2. The zero-order chi connectivity index (χ0) is 12.4. The van der Waals surface area contributed by atoms with E-state index in [1.807, 2.05) is 0 Å². The summed E-state index contributed by atoms with van der Waals surface area (Å²) in [6.07, 6.45) is 0. The van der Waals surface area contributed by atoms with Crippen LogP contribution in [0.1, 0.15) is 25.0 Å². The summed E-state index contributed by atoms with van der Waals surface area (Å²) in [4.78, 5) is 0. The first-order chi connectivity index (χ1) is 8.62. The Hall–Kier alpha value is -1.38. The first-order valence-electron chi connectivity index (χ1n) is 6.43. The molecule has 0 aliphatic carbocycles. The van der Waals surface area contributed by atoms with Crippen LogP contribution in [0.5, 0.6) is 0 Å². The molecule has 0 radical (unpaired) electrons. The van der Waals surface area contributed by atoms with Crippen LogP contribution in [-0.4, -0.2) is 13.2 Å². The molecule has 2 aromatic rings. The largest absolute Gasteiger partial charge is 0.365 e. The van der Waals surface area contributed by atoms with Crippen molar-refractivity contribution < 1.29 is 9.47 Å². The van der Waals surface area contributed by atoms with Crippen molar-refractivity contribution >= 4 is 10.8 Å². The van der Waals surface area contributed by atoms with Crippen molar-refractivity contribution in [3.63, 3.8) is 0 Å². The normalized spacial score (nSPS) is 33.7. The number of hydrogen-bond acceptors (Lipinski definition) is 2. The summed E-state index contributed by atoms with van der Waals surface area (Å²) in [5.74, 6) is 0. The number of rotatable bonds is 2. The molecular formula is C16H16O2. The predicted octanol–water partition coefficient (Wildman–Crippen LogP) is 3.33. The van der Waals surface area contributed by atoms with E-state index in [1.165, 1.54) is 21.9 Å². The molecular weight excluding hydrogens is 224 g/mol. The second-order valence-corrected chi connectivity index (χ2v) is 5.75. The fourth-order valence-electron chi connectivity index (χ4n) is 2.80. The number of fused-ring (bicyclic) bond motifs is 1. The Morgan fingerprint density at radius 3 is 2.22 bits per heavy atom. The van der Waals surface area contributed by atoms with E-state index in [0.29, 0.717) is 0 Å². The lowest BCUT2D eigenvalue weighted by molar-refractivity contribution is 0.307. The van der Waals surface area contributed by atoms with Gasteiger partial charge < -0.3 is 9.47 Å². The molecule has 2 atom stereocenters. The summed E-state index contributed by atoms with van der Waals surface area (Å²) in [6.45, 7) is 5.95. The summed E-state index contributed by atoms with van der Waals surface area (Å²) >= 11 is 0. The number of ether oxygens (including phenoxy) is 2. The molecule has 0 amide bonds. The van der Waals surface area contributed by atoms with Gasteiger partial charge in [0.05, 0.1) is 13.2 Å². The van der Waals surface area contributed by atoms with Crippen LogP contribution < -0.4 is 0 Å². The van der Waals surface area contributed by atoms with Gasteiger partial charge in [-0.05, 0) is 35.7 Å². The highest BCUT2D eigenvalue weighted by atomic mass is 16.6. The third-order valence-electron chi connectivity index (χ3n) is 4.18. The maximum absolute atomic E-state index is 5.70. The van der Waals surface area contributed by atoms with Gasteiger partial charge in [0.25, 0.3) is 0 Å². The molecule has 2 aliphatic rings. The van der Waals surface area contributed by atoms with Crippen LogP contribution in [0.3, 0.4) is 0 Å². The van der Waals surface area contributed by atoms with Crippen molar-refractivity contribution in [2.45, 2.75) is 25.0 Å². The Kier molecular flexibility index (Phi) is 1.84. The van der Waals surface area contributed by atoms with Crippen molar-refractivity contribution in [1.82, 2.24) is 0 Å². The molecule has 18 heavy (non-hydrogen) atoms. The van der Waals surface area contributed by atoms with Crippen LogP contribution in [0.15, 0.2) is 36.4 Å². The van der Waals surface area contributed by atoms with Gasteiger partial charge >= 0.3 is 0 Å². The van der Waals surface area contributed by atoms with E-state index in [9.17, 15) is 0 Å². The lowest BCUT2D eigenvalue weighted by Crippen LogP contribution is -2.14. The van der Waals surface area contributed by atoms with E-state index in [-0.39, 0.29) is 11.2 Å². The summed E-state index contributed by atoms with van der Waals surface area (Å²) in [5.41, 5.74) is 2.39. The Morgan fingerprint density at radius 2 is 1.56 bits per heavy atom. The second-order valence-electron chi connectivity index (χ2n) is 5.75. The quantitative estimate of drug-likeness (QED) is 0.752. The number of benzene rings is 2. The van der Waals surface area contributed by atoms with E-state index in [0.717, 1.165) is 13.2 Å². The van der Waals surface area contributed by atoms with Crippen LogP contribution in [-0.2, 0) is 20.7 Å².